The van der Waals surface area contributed by atoms with Crippen LogP contribution >= 0.6 is 0 Å². The van der Waals surface area contributed by atoms with Gasteiger partial charge in [0.05, 0.1) is 12.3 Å². The zero-order chi connectivity index (χ0) is 20.8. The zero-order valence-corrected chi connectivity index (χ0v) is 16.1. The minimum Gasteiger partial charge on any atom is -0.493 e. The fourth-order valence-corrected chi connectivity index (χ4v) is 3.10. The Morgan fingerprint density at radius 3 is 2.48 bits per heavy atom. The molecule has 0 aliphatic carbocycles. The second-order valence-electron chi connectivity index (χ2n) is 6.83. The lowest BCUT2D eigenvalue weighted by molar-refractivity contribution is -0.145. The van der Waals surface area contributed by atoms with E-state index in [2.05, 4.69) is 5.32 Å². The number of carbonyl (C=O) groups is 2. The maximum Gasteiger partial charge on any atom is 0.316 e. The van der Waals surface area contributed by atoms with E-state index in [0.717, 1.165) is 17.0 Å². The van der Waals surface area contributed by atoms with Gasteiger partial charge in [0.15, 0.2) is 6.23 Å². The Morgan fingerprint density at radius 1 is 1.17 bits per heavy atom. The molecule has 4 N–H and O–H groups in total. The van der Waals surface area contributed by atoms with Crippen LogP contribution in [-0.2, 0) is 20.7 Å². The molecular weight excluding hydrogens is 372 g/mol. The largest absolute Gasteiger partial charge is 0.493 e. The van der Waals surface area contributed by atoms with Gasteiger partial charge in [-0.05, 0) is 31.0 Å². The van der Waals surface area contributed by atoms with Crippen LogP contribution in [-0.4, -0.2) is 23.6 Å². The highest BCUT2D eigenvalue weighted by Crippen LogP contribution is 2.28. The summed E-state index contributed by atoms with van der Waals surface area (Å²) in [6, 6.07) is 16.9. The monoisotopic (exact) mass is 396 g/mol. The Bertz CT molecular complexity index is 879. The molecule has 2 atom stereocenters. The molecule has 0 saturated heterocycles. The lowest BCUT2D eigenvalue weighted by Crippen LogP contribution is -2.31. The van der Waals surface area contributed by atoms with Crippen LogP contribution < -0.4 is 15.8 Å². The molecule has 0 spiro atoms. The first-order valence-corrected chi connectivity index (χ1v) is 9.36. The number of primary amides is 1. The van der Waals surface area contributed by atoms with Gasteiger partial charge in [-0.25, -0.2) is 0 Å². The average molecular weight is 396 g/mol. The Kier molecular flexibility index (Phi) is 6.39. The number of aliphatic carboxylic acids is 1. The van der Waals surface area contributed by atoms with Gasteiger partial charge < -0.3 is 25.6 Å². The molecule has 3 rings (SSSR count). The molecule has 2 aromatic rings. The number of ether oxygens (including phenoxy) is 2. The molecule has 0 bridgehead atoms. The molecule has 0 saturated carbocycles. The number of carbonyl (C=O) groups excluding carboxylic acids is 1. The number of nitrogens with two attached hydrogens (primary N) is 1. The first kappa shape index (κ1) is 20.3. The number of allylic oxidation sites excluding steroid dienone is 1. The van der Waals surface area contributed by atoms with Gasteiger partial charge in [0, 0.05) is 12.0 Å². The van der Waals surface area contributed by atoms with Crippen LogP contribution in [0.5, 0.6) is 5.75 Å². The van der Waals surface area contributed by atoms with E-state index < -0.39 is 17.8 Å². The quantitative estimate of drug-likeness (QED) is 0.562. The Morgan fingerprint density at radius 2 is 1.86 bits per heavy atom. The lowest BCUT2D eigenvalue weighted by Gasteiger charge is -2.13. The minimum atomic E-state index is -1.23. The standard InChI is InChI=1S/C22H24N2O5/c1-14-19(24-21(29-14)16-5-3-2-4-6-16)11-12-28-17-9-7-15(8-10-17)13-18(20(23)25)22(26)27/h2-10,18,21,24H,11-13H2,1H3,(H2,23,25)(H,26,27). The fourth-order valence-electron chi connectivity index (χ4n) is 3.10. The number of rotatable bonds is 9. The molecule has 1 heterocycles. The summed E-state index contributed by atoms with van der Waals surface area (Å²) in [7, 11) is 0. The number of carboxylic acid groups (broad SMARTS) is 1. The van der Waals surface area contributed by atoms with Crippen LogP contribution in [0.3, 0.4) is 0 Å². The summed E-state index contributed by atoms with van der Waals surface area (Å²) in [5.74, 6) is -1.79. The van der Waals surface area contributed by atoms with Crippen molar-refractivity contribution in [2.45, 2.75) is 26.0 Å². The third-order valence-electron chi connectivity index (χ3n) is 4.75. The Hall–Kier alpha value is -3.48. The fraction of sp³-hybridized carbons (Fsp3) is 0.273. The first-order chi connectivity index (χ1) is 13.9. The maximum absolute atomic E-state index is 11.2. The maximum atomic E-state index is 11.2. The van der Waals surface area contributed by atoms with E-state index in [1.807, 2.05) is 37.3 Å². The second-order valence-corrected chi connectivity index (χ2v) is 6.83. The van der Waals surface area contributed by atoms with Gasteiger partial charge in [-0.2, -0.15) is 0 Å². The molecule has 2 unspecified atom stereocenters. The van der Waals surface area contributed by atoms with E-state index in [4.69, 9.17) is 20.3 Å². The van der Waals surface area contributed by atoms with Crippen molar-refractivity contribution in [3.8, 4) is 5.75 Å². The van der Waals surface area contributed by atoms with Crippen molar-refractivity contribution in [2.24, 2.45) is 11.7 Å². The van der Waals surface area contributed by atoms with Crippen molar-refractivity contribution >= 4 is 11.9 Å². The van der Waals surface area contributed by atoms with Crippen molar-refractivity contribution in [1.29, 1.82) is 0 Å². The van der Waals surface area contributed by atoms with E-state index >= 15 is 0 Å². The SMILES string of the molecule is CC1=C(CCOc2ccc(CC(C(N)=O)C(=O)O)cc2)NC(c2ccccc2)O1. The van der Waals surface area contributed by atoms with Crippen LogP contribution in [0.15, 0.2) is 66.1 Å². The normalized spacial score (nSPS) is 16.7. The molecule has 0 aromatic heterocycles. The van der Waals surface area contributed by atoms with E-state index in [0.29, 0.717) is 24.3 Å². The third-order valence-corrected chi connectivity index (χ3v) is 4.75. The van der Waals surface area contributed by atoms with E-state index in [9.17, 15) is 9.59 Å². The summed E-state index contributed by atoms with van der Waals surface area (Å²) in [5, 5.41) is 12.4. The van der Waals surface area contributed by atoms with Crippen LogP contribution in [0.1, 0.15) is 30.7 Å². The molecule has 1 aliphatic heterocycles. The van der Waals surface area contributed by atoms with E-state index in [1.54, 1.807) is 24.3 Å². The van der Waals surface area contributed by atoms with Gasteiger partial charge in [-0.15, -0.1) is 0 Å². The molecule has 7 heteroatoms. The highest BCUT2D eigenvalue weighted by atomic mass is 16.5. The Balaban J connectivity index is 1.49. The summed E-state index contributed by atoms with van der Waals surface area (Å²) in [6.45, 7) is 2.39. The summed E-state index contributed by atoms with van der Waals surface area (Å²) in [4.78, 5) is 22.3. The van der Waals surface area contributed by atoms with Gasteiger partial charge in [-0.1, -0.05) is 42.5 Å². The smallest absolute Gasteiger partial charge is 0.316 e. The van der Waals surface area contributed by atoms with Gasteiger partial charge >= 0.3 is 5.97 Å². The molecule has 29 heavy (non-hydrogen) atoms. The summed E-state index contributed by atoms with van der Waals surface area (Å²) >= 11 is 0. The van der Waals surface area contributed by atoms with Crippen molar-refractivity contribution in [3.63, 3.8) is 0 Å². The summed E-state index contributed by atoms with van der Waals surface area (Å²) < 4.78 is 11.7. The van der Waals surface area contributed by atoms with Gasteiger partial charge in [0.1, 0.15) is 17.4 Å². The second kappa shape index (κ2) is 9.14. The molecule has 1 amide bonds. The predicted molar refractivity (Wildman–Crippen MR) is 107 cm³/mol. The van der Waals surface area contributed by atoms with Crippen LogP contribution in [0.25, 0.3) is 0 Å². The van der Waals surface area contributed by atoms with Crippen molar-refractivity contribution in [3.05, 3.63) is 77.2 Å². The number of nitrogens with one attached hydrogen (secondary N) is 1. The van der Waals surface area contributed by atoms with E-state index in [1.165, 1.54) is 0 Å². The van der Waals surface area contributed by atoms with Crippen LogP contribution in [0.4, 0.5) is 0 Å². The van der Waals surface area contributed by atoms with Crippen molar-refractivity contribution < 1.29 is 24.2 Å². The van der Waals surface area contributed by atoms with Gasteiger partial charge in [0.25, 0.3) is 0 Å². The number of carboxylic acids is 1. The van der Waals surface area contributed by atoms with E-state index in [-0.39, 0.29) is 12.6 Å². The topological polar surface area (TPSA) is 111 Å². The molecule has 2 aromatic carbocycles. The Labute approximate surface area is 169 Å². The molecular formula is C22H24N2O5. The number of benzene rings is 2. The van der Waals surface area contributed by atoms with Crippen molar-refractivity contribution in [1.82, 2.24) is 5.32 Å². The molecule has 7 nitrogen and oxygen atoms in total. The third kappa shape index (κ3) is 5.28. The molecule has 1 aliphatic rings. The number of hydrogen-bond donors (Lipinski definition) is 3. The molecule has 152 valence electrons. The molecule has 0 radical (unpaired) electrons. The van der Waals surface area contributed by atoms with Gasteiger partial charge in [0.2, 0.25) is 5.91 Å². The summed E-state index contributed by atoms with van der Waals surface area (Å²) in [6.07, 6.45) is 0.539. The molecule has 0 fully saturated rings. The van der Waals surface area contributed by atoms with Crippen LogP contribution in [0.2, 0.25) is 0 Å². The van der Waals surface area contributed by atoms with Gasteiger partial charge in [-0.3, -0.25) is 9.59 Å². The minimum absolute atomic E-state index is 0.0547. The highest BCUT2D eigenvalue weighted by molar-refractivity contribution is 5.96. The lowest BCUT2D eigenvalue weighted by atomic mass is 9.99. The van der Waals surface area contributed by atoms with Crippen LogP contribution in [0, 0.1) is 5.92 Å². The summed E-state index contributed by atoms with van der Waals surface area (Å²) in [5.41, 5.74) is 7.91. The predicted octanol–water partition coefficient (Wildman–Crippen LogP) is 2.73. The number of hydrogen-bond acceptors (Lipinski definition) is 5. The zero-order valence-electron chi connectivity index (χ0n) is 16.1. The average Bonchev–Trinajstić information content (AvgIpc) is 3.08. The first-order valence-electron chi connectivity index (χ1n) is 9.36. The number of amides is 1. The highest BCUT2D eigenvalue weighted by Gasteiger charge is 2.24. The van der Waals surface area contributed by atoms with Crippen molar-refractivity contribution in [2.75, 3.05) is 6.61 Å².